The molecule has 0 aliphatic rings. The Balaban J connectivity index is 2.34. The fourth-order valence-corrected chi connectivity index (χ4v) is 1.68. The van der Waals surface area contributed by atoms with Gasteiger partial charge in [-0.2, -0.15) is 0 Å². The van der Waals surface area contributed by atoms with Crippen molar-refractivity contribution in [2.75, 3.05) is 0 Å². The van der Waals surface area contributed by atoms with Crippen molar-refractivity contribution in [3.8, 4) is 0 Å². The topological polar surface area (TPSA) is 25.8 Å². The van der Waals surface area contributed by atoms with Crippen molar-refractivity contribution < 1.29 is 4.39 Å². The Hall–Kier alpha value is -1.19. The number of benzene rings is 1. The number of rotatable bonds is 2. The van der Waals surface area contributed by atoms with Crippen LogP contribution in [0.5, 0.6) is 0 Å². The highest BCUT2D eigenvalue weighted by Gasteiger charge is 2.08. The van der Waals surface area contributed by atoms with Crippen molar-refractivity contribution in [1.29, 1.82) is 0 Å². The van der Waals surface area contributed by atoms with Crippen LogP contribution < -0.4 is 0 Å². The van der Waals surface area contributed by atoms with E-state index in [1.54, 1.807) is 6.07 Å². The maximum atomic E-state index is 13.4. The molecule has 0 unspecified atom stereocenters. The normalized spacial score (nSPS) is 10.4. The third kappa shape index (κ3) is 2.49. The quantitative estimate of drug-likeness (QED) is 0.769. The fraction of sp³-hybridized carbons (Fsp3) is 0.0909. The molecular weight excluding hydrogens is 250 g/mol. The number of nitrogens with zero attached hydrogens (tertiary/aromatic N) is 2. The number of hydrogen-bond donors (Lipinski definition) is 0. The third-order valence-electron chi connectivity index (χ3n) is 2.10. The van der Waals surface area contributed by atoms with Gasteiger partial charge in [0.05, 0.1) is 11.9 Å². The first-order valence-corrected chi connectivity index (χ1v) is 5.33. The van der Waals surface area contributed by atoms with Gasteiger partial charge < -0.3 is 0 Å². The van der Waals surface area contributed by atoms with Gasteiger partial charge in [0.15, 0.2) is 5.82 Å². The van der Waals surface area contributed by atoms with Gasteiger partial charge >= 0.3 is 0 Å². The summed E-state index contributed by atoms with van der Waals surface area (Å²) >= 11 is 11.6. The van der Waals surface area contributed by atoms with Gasteiger partial charge in [0.1, 0.15) is 0 Å². The number of hydrogen-bond acceptors (Lipinski definition) is 2. The van der Waals surface area contributed by atoms with Crippen molar-refractivity contribution in [3.05, 3.63) is 57.8 Å². The average Bonchev–Trinajstić information content (AvgIpc) is 2.27. The average molecular weight is 257 g/mol. The largest absolute Gasteiger partial charge is 0.223 e. The SMILES string of the molecule is Fc1cnc(Cl)nc1Cc1ccccc1Cl. The van der Waals surface area contributed by atoms with Gasteiger partial charge in [-0.3, -0.25) is 0 Å². The summed E-state index contributed by atoms with van der Waals surface area (Å²) in [6.07, 6.45) is 1.36. The van der Waals surface area contributed by atoms with Crippen molar-refractivity contribution >= 4 is 23.2 Å². The molecule has 2 rings (SSSR count). The lowest BCUT2D eigenvalue weighted by Gasteiger charge is -2.04. The highest BCUT2D eigenvalue weighted by Crippen LogP contribution is 2.19. The molecule has 0 amide bonds. The van der Waals surface area contributed by atoms with Gasteiger partial charge in [-0.25, -0.2) is 14.4 Å². The molecule has 0 spiro atoms. The van der Waals surface area contributed by atoms with E-state index in [1.165, 1.54) is 0 Å². The predicted octanol–water partition coefficient (Wildman–Crippen LogP) is 3.51. The minimum atomic E-state index is -0.482. The molecule has 1 heterocycles. The summed E-state index contributed by atoms with van der Waals surface area (Å²) in [6.45, 7) is 0. The van der Waals surface area contributed by atoms with Crippen LogP contribution in [0.15, 0.2) is 30.5 Å². The summed E-state index contributed by atoms with van der Waals surface area (Å²) in [5.74, 6) is -0.482. The first-order chi connectivity index (χ1) is 7.66. The van der Waals surface area contributed by atoms with Crippen LogP contribution in [0.1, 0.15) is 11.3 Å². The lowest BCUT2D eigenvalue weighted by Crippen LogP contribution is -1.99. The summed E-state index contributed by atoms with van der Waals surface area (Å²) in [4.78, 5) is 7.38. The Labute approximate surface area is 102 Å². The zero-order chi connectivity index (χ0) is 11.5. The summed E-state index contributed by atoms with van der Waals surface area (Å²) in [7, 11) is 0. The van der Waals surface area contributed by atoms with Gasteiger partial charge in [-0.15, -0.1) is 0 Å². The van der Waals surface area contributed by atoms with Gasteiger partial charge in [0.25, 0.3) is 0 Å². The zero-order valence-corrected chi connectivity index (χ0v) is 9.63. The molecule has 0 bridgehead atoms. The summed E-state index contributed by atoms with van der Waals surface area (Å²) in [5, 5.41) is 0.611. The second kappa shape index (κ2) is 4.76. The molecule has 82 valence electrons. The monoisotopic (exact) mass is 256 g/mol. The van der Waals surface area contributed by atoms with E-state index in [-0.39, 0.29) is 11.0 Å². The Morgan fingerprint density at radius 2 is 1.94 bits per heavy atom. The van der Waals surface area contributed by atoms with Crippen LogP contribution >= 0.6 is 23.2 Å². The van der Waals surface area contributed by atoms with Gasteiger partial charge in [-0.05, 0) is 23.2 Å². The van der Waals surface area contributed by atoms with E-state index in [4.69, 9.17) is 23.2 Å². The van der Waals surface area contributed by atoms with Crippen LogP contribution in [0.4, 0.5) is 4.39 Å². The Bertz CT molecular complexity index is 517. The lowest BCUT2D eigenvalue weighted by molar-refractivity contribution is 0.595. The van der Waals surface area contributed by atoms with E-state index in [2.05, 4.69) is 9.97 Å². The van der Waals surface area contributed by atoms with Crippen LogP contribution in [-0.4, -0.2) is 9.97 Å². The summed E-state index contributed by atoms with van der Waals surface area (Å²) in [5.41, 5.74) is 1.05. The molecule has 0 fully saturated rings. The van der Waals surface area contributed by atoms with Crippen molar-refractivity contribution in [1.82, 2.24) is 9.97 Å². The second-order valence-corrected chi connectivity index (χ2v) is 3.95. The first-order valence-electron chi connectivity index (χ1n) is 4.57. The van der Waals surface area contributed by atoms with Crippen LogP contribution in [0.3, 0.4) is 0 Å². The van der Waals surface area contributed by atoms with Crippen molar-refractivity contribution in [3.63, 3.8) is 0 Å². The fourth-order valence-electron chi connectivity index (χ4n) is 1.32. The van der Waals surface area contributed by atoms with Crippen LogP contribution in [0.25, 0.3) is 0 Å². The highest BCUT2D eigenvalue weighted by atomic mass is 35.5. The van der Waals surface area contributed by atoms with E-state index in [0.717, 1.165) is 11.8 Å². The number of halogens is 3. The number of aromatic nitrogens is 2. The molecule has 0 atom stereocenters. The minimum absolute atomic E-state index is 0.0310. The zero-order valence-electron chi connectivity index (χ0n) is 8.12. The smallest absolute Gasteiger partial charge is 0.222 e. The van der Waals surface area contributed by atoms with E-state index < -0.39 is 5.82 Å². The molecule has 0 saturated heterocycles. The summed E-state index contributed by atoms with van der Waals surface area (Å²) in [6, 6.07) is 7.21. The summed E-state index contributed by atoms with van der Waals surface area (Å²) < 4.78 is 13.4. The molecular formula is C11H7Cl2FN2. The Morgan fingerprint density at radius 1 is 1.19 bits per heavy atom. The van der Waals surface area contributed by atoms with Gasteiger partial charge in [0.2, 0.25) is 5.28 Å². The van der Waals surface area contributed by atoms with E-state index in [9.17, 15) is 4.39 Å². The van der Waals surface area contributed by atoms with E-state index >= 15 is 0 Å². The molecule has 1 aromatic heterocycles. The molecule has 0 saturated carbocycles. The van der Waals surface area contributed by atoms with Crippen LogP contribution in [0.2, 0.25) is 10.3 Å². The minimum Gasteiger partial charge on any atom is -0.223 e. The van der Waals surface area contributed by atoms with Gasteiger partial charge in [0, 0.05) is 11.4 Å². The molecule has 5 heteroatoms. The van der Waals surface area contributed by atoms with Crippen molar-refractivity contribution in [2.45, 2.75) is 6.42 Å². The van der Waals surface area contributed by atoms with E-state index in [0.29, 0.717) is 11.4 Å². The highest BCUT2D eigenvalue weighted by molar-refractivity contribution is 6.31. The van der Waals surface area contributed by atoms with Crippen LogP contribution in [0, 0.1) is 5.82 Å². The Morgan fingerprint density at radius 3 is 2.69 bits per heavy atom. The Kier molecular flexibility index (Phi) is 3.36. The molecule has 16 heavy (non-hydrogen) atoms. The lowest BCUT2D eigenvalue weighted by atomic mass is 10.1. The van der Waals surface area contributed by atoms with Crippen molar-refractivity contribution in [2.24, 2.45) is 0 Å². The second-order valence-electron chi connectivity index (χ2n) is 3.20. The first kappa shape index (κ1) is 11.3. The molecule has 0 aliphatic heterocycles. The molecule has 2 nitrogen and oxygen atoms in total. The molecule has 0 aliphatic carbocycles. The maximum absolute atomic E-state index is 13.4. The van der Waals surface area contributed by atoms with E-state index in [1.807, 2.05) is 18.2 Å². The molecule has 0 N–H and O–H groups in total. The molecule has 2 aromatic rings. The van der Waals surface area contributed by atoms with Gasteiger partial charge in [-0.1, -0.05) is 29.8 Å². The molecule has 1 aromatic carbocycles. The maximum Gasteiger partial charge on any atom is 0.222 e. The standard InChI is InChI=1S/C11H7Cl2FN2/c12-8-4-2-1-3-7(8)5-10-9(14)6-15-11(13)16-10/h1-4,6H,5H2. The molecule has 0 radical (unpaired) electrons. The van der Waals surface area contributed by atoms with Crippen LogP contribution in [-0.2, 0) is 6.42 Å². The third-order valence-corrected chi connectivity index (χ3v) is 2.65. The predicted molar refractivity (Wildman–Crippen MR) is 61.3 cm³/mol.